The Labute approximate surface area is 137 Å². The molecule has 22 heavy (non-hydrogen) atoms. The van der Waals surface area contributed by atoms with Gasteiger partial charge >= 0.3 is 5.97 Å². The average molecular weight is 338 g/mol. The highest BCUT2D eigenvalue weighted by Crippen LogP contribution is 2.33. The number of carbonyl (C=O) groups is 1. The van der Waals surface area contributed by atoms with Crippen molar-refractivity contribution in [1.82, 2.24) is 9.97 Å². The summed E-state index contributed by atoms with van der Waals surface area (Å²) in [4.78, 5) is 26.8. The Morgan fingerprint density at radius 1 is 1.45 bits per heavy atom. The number of carbonyl (C=O) groups excluding carboxylic acids is 1. The van der Waals surface area contributed by atoms with Gasteiger partial charge in [0.1, 0.15) is 4.88 Å². The van der Waals surface area contributed by atoms with Crippen molar-refractivity contribution in [1.29, 1.82) is 0 Å². The van der Waals surface area contributed by atoms with E-state index in [0.29, 0.717) is 11.5 Å². The fraction of sp³-hybridized carbons (Fsp3) is 0.500. The molecule has 2 aromatic heterocycles. The van der Waals surface area contributed by atoms with Gasteiger partial charge in [-0.2, -0.15) is 0 Å². The average Bonchev–Trinajstić information content (AvgIpc) is 3.13. The summed E-state index contributed by atoms with van der Waals surface area (Å²) in [6.07, 6.45) is 2.51. The molecule has 0 atom stereocenters. The summed E-state index contributed by atoms with van der Waals surface area (Å²) in [5.74, 6) is -0.295. The predicted molar refractivity (Wildman–Crippen MR) is 89.3 cm³/mol. The Morgan fingerprint density at radius 2 is 2.27 bits per heavy atom. The van der Waals surface area contributed by atoms with Crippen LogP contribution in [0.15, 0.2) is 6.20 Å². The highest BCUT2D eigenvalue weighted by atomic mass is 32.1. The molecule has 0 bridgehead atoms. The number of rotatable bonds is 4. The van der Waals surface area contributed by atoms with Crippen LogP contribution < -0.4 is 9.80 Å². The van der Waals surface area contributed by atoms with E-state index in [-0.39, 0.29) is 5.97 Å². The Hall–Kier alpha value is -1.67. The van der Waals surface area contributed by atoms with E-state index < -0.39 is 0 Å². The fourth-order valence-corrected chi connectivity index (χ4v) is 4.12. The SMILES string of the molecule is CCOC(=O)c1cnc(N2CCc3nc(N(C)C)sc3C2)s1. The first-order chi connectivity index (χ1) is 10.6. The Kier molecular flexibility index (Phi) is 4.30. The van der Waals surface area contributed by atoms with Crippen molar-refractivity contribution >= 4 is 38.9 Å². The van der Waals surface area contributed by atoms with Gasteiger partial charge in [0, 0.05) is 31.9 Å². The minimum atomic E-state index is -0.295. The zero-order valence-electron chi connectivity index (χ0n) is 12.8. The minimum absolute atomic E-state index is 0.295. The first-order valence-electron chi connectivity index (χ1n) is 7.12. The third kappa shape index (κ3) is 2.93. The zero-order chi connectivity index (χ0) is 15.7. The number of aromatic nitrogens is 2. The van der Waals surface area contributed by atoms with Crippen molar-refractivity contribution in [3.05, 3.63) is 21.6 Å². The van der Waals surface area contributed by atoms with Gasteiger partial charge in [-0.15, -0.1) is 0 Å². The molecule has 0 radical (unpaired) electrons. The molecule has 3 rings (SSSR count). The van der Waals surface area contributed by atoms with Gasteiger partial charge in [0.05, 0.1) is 25.0 Å². The third-order valence-corrected chi connectivity index (χ3v) is 5.63. The van der Waals surface area contributed by atoms with Crippen molar-refractivity contribution in [3.63, 3.8) is 0 Å². The predicted octanol–water partition coefficient (Wildman–Crippen LogP) is 2.41. The number of thiazole rings is 2. The van der Waals surface area contributed by atoms with E-state index in [1.807, 2.05) is 19.0 Å². The van der Waals surface area contributed by atoms with Gasteiger partial charge < -0.3 is 14.5 Å². The van der Waals surface area contributed by atoms with E-state index in [0.717, 1.165) is 29.8 Å². The standard InChI is InChI=1S/C14H18N4O2S2/c1-4-20-12(19)10-7-15-13(21-10)18-6-5-9-11(8-18)22-14(16-9)17(2)3/h7H,4-6,8H2,1-3H3. The second kappa shape index (κ2) is 6.21. The smallest absolute Gasteiger partial charge is 0.350 e. The van der Waals surface area contributed by atoms with Crippen LogP contribution in [0, 0.1) is 0 Å². The normalized spacial score (nSPS) is 13.9. The van der Waals surface area contributed by atoms with Crippen LogP contribution >= 0.6 is 22.7 Å². The molecular formula is C14H18N4O2S2. The molecule has 0 fully saturated rings. The summed E-state index contributed by atoms with van der Waals surface area (Å²) < 4.78 is 5.01. The van der Waals surface area contributed by atoms with Crippen LogP contribution in [-0.4, -0.2) is 43.2 Å². The minimum Gasteiger partial charge on any atom is -0.462 e. The highest BCUT2D eigenvalue weighted by molar-refractivity contribution is 7.17. The van der Waals surface area contributed by atoms with Crippen LogP contribution in [0.1, 0.15) is 27.2 Å². The molecule has 0 unspecified atom stereocenters. The second-order valence-electron chi connectivity index (χ2n) is 5.16. The van der Waals surface area contributed by atoms with E-state index in [1.54, 1.807) is 24.5 Å². The van der Waals surface area contributed by atoms with Crippen LogP contribution in [0.25, 0.3) is 0 Å². The summed E-state index contributed by atoms with van der Waals surface area (Å²) in [6.45, 7) is 3.86. The van der Waals surface area contributed by atoms with Crippen molar-refractivity contribution in [2.75, 3.05) is 37.0 Å². The molecule has 6 nitrogen and oxygen atoms in total. The lowest BCUT2D eigenvalue weighted by molar-refractivity contribution is 0.0532. The molecule has 118 valence electrons. The van der Waals surface area contributed by atoms with Crippen LogP contribution in [0.2, 0.25) is 0 Å². The van der Waals surface area contributed by atoms with Gasteiger partial charge in [-0.25, -0.2) is 14.8 Å². The Morgan fingerprint density at radius 3 is 3.00 bits per heavy atom. The molecule has 0 saturated heterocycles. The largest absolute Gasteiger partial charge is 0.462 e. The third-order valence-electron chi connectivity index (χ3n) is 3.34. The van der Waals surface area contributed by atoms with Crippen LogP contribution in [-0.2, 0) is 17.7 Å². The monoisotopic (exact) mass is 338 g/mol. The zero-order valence-corrected chi connectivity index (χ0v) is 14.5. The number of nitrogens with zero attached hydrogens (tertiary/aromatic N) is 4. The number of hydrogen-bond acceptors (Lipinski definition) is 8. The number of esters is 1. The van der Waals surface area contributed by atoms with Gasteiger partial charge in [-0.05, 0) is 6.92 Å². The maximum absolute atomic E-state index is 11.7. The summed E-state index contributed by atoms with van der Waals surface area (Å²) in [5, 5.41) is 1.91. The van der Waals surface area contributed by atoms with Crippen molar-refractivity contribution in [2.45, 2.75) is 19.9 Å². The van der Waals surface area contributed by atoms with Crippen molar-refractivity contribution in [3.8, 4) is 0 Å². The van der Waals surface area contributed by atoms with E-state index >= 15 is 0 Å². The van der Waals surface area contributed by atoms with Gasteiger partial charge in [0.2, 0.25) is 0 Å². The van der Waals surface area contributed by atoms with Crippen LogP contribution in [0.3, 0.4) is 0 Å². The summed E-state index contributed by atoms with van der Waals surface area (Å²) in [7, 11) is 4.02. The van der Waals surface area contributed by atoms with Gasteiger partial charge in [0.15, 0.2) is 10.3 Å². The second-order valence-corrected chi connectivity index (χ2v) is 7.23. The molecule has 0 saturated carbocycles. The molecular weight excluding hydrogens is 320 g/mol. The first kappa shape index (κ1) is 15.2. The number of fused-ring (bicyclic) bond motifs is 1. The Bertz CT molecular complexity index is 680. The molecule has 1 aliphatic heterocycles. The quantitative estimate of drug-likeness (QED) is 0.798. The number of ether oxygens (including phenoxy) is 1. The van der Waals surface area contributed by atoms with Crippen molar-refractivity contribution < 1.29 is 9.53 Å². The molecule has 0 aliphatic carbocycles. The lowest BCUT2D eigenvalue weighted by Crippen LogP contribution is -2.29. The Balaban J connectivity index is 1.75. The van der Waals surface area contributed by atoms with Gasteiger partial charge in [0.25, 0.3) is 0 Å². The van der Waals surface area contributed by atoms with Crippen LogP contribution in [0.5, 0.6) is 0 Å². The summed E-state index contributed by atoms with van der Waals surface area (Å²) in [5.41, 5.74) is 1.19. The maximum atomic E-state index is 11.7. The molecule has 2 aromatic rings. The maximum Gasteiger partial charge on any atom is 0.350 e. The first-order valence-corrected chi connectivity index (χ1v) is 8.75. The topological polar surface area (TPSA) is 58.6 Å². The van der Waals surface area contributed by atoms with E-state index in [4.69, 9.17) is 4.74 Å². The van der Waals surface area contributed by atoms with Gasteiger partial charge in [-0.1, -0.05) is 22.7 Å². The molecule has 0 aromatic carbocycles. The molecule has 8 heteroatoms. The molecule has 0 spiro atoms. The number of hydrogen-bond donors (Lipinski definition) is 0. The molecule has 3 heterocycles. The lowest BCUT2D eigenvalue weighted by Gasteiger charge is -2.25. The van der Waals surface area contributed by atoms with E-state index in [9.17, 15) is 4.79 Å². The highest BCUT2D eigenvalue weighted by Gasteiger charge is 2.24. The molecule has 1 aliphatic rings. The lowest BCUT2D eigenvalue weighted by atomic mass is 10.2. The van der Waals surface area contributed by atoms with Crippen LogP contribution in [0.4, 0.5) is 10.3 Å². The van der Waals surface area contributed by atoms with Gasteiger partial charge in [-0.3, -0.25) is 0 Å². The van der Waals surface area contributed by atoms with E-state index in [2.05, 4.69) is 14.9 Å². The molecule has 0 N–H and O–H groups in total. The fourth-order valence-electron chi connectivity index (χ4n) is 2.24. The summed E-state index contributed by atoms with van der Waals surface area (Å²) >= 11 is 3.11. The number of anilines is 2. The van der Waals surface area contributed by atoms with Crippen molar-refractivity contribution in [2.24, 2.45) is 0 Å². The van der Waals surface area contributed by atoms with E-state index in [1.165, 1.54) is 21.9 Å². The molecule has 0 amide bonds. The summed E-state index contributed by atoms with van der Waals surface area (Å²) in [6, 6.07) is 0.